The summed E-state index contributed by atoms with van der Waals surface area (Å²) in [7, 11) is 0. The van der Waals surface area contributed by atoms with Crippen LogP contribution in [0.4, 0.5) is 0 Å². The second-order valence-corrected chi connectivity index (χ2v) is 4.28. The molecule has 0 aromatic carbocycles. The van der Waals surface area contributed by atoms with E-state index in [9.17, 15) is 0 Å². The van der Waals surface area contributed by atoms with E-state index in [-0.39, 0.29) is 0 Å². The molecule has 0 saturated heterocycles. The Labute approximate surface area is 91.1 Å². The third-order valence-electron chi connectivity index (χ3n) is 2.88. The van der Waals surface area contributed by atoms with E-state index in [1.165, 1.54) is 18.5 Å². The van der Waals surface area contributed by atoms with Crippen LogP contribution in [0, 0.1) is 0 Å². The Balaban J connectivity index is 1.78. The van der Waals surface area contributed by atoms with Gasteiger partial charge < -0.3 is 15.0 Å². The monoisotopic (exact) mass is 208 g/mol. The van der Waals surface area contributed by atoms with E-state index in [4.69, 9.17) is 5.11 Å². The van der Waals surface area contributed by atoms with Gasteiger partial charge in [-0.1, -0.05) is 0 Å². The van der Waals surface area contributed by atoms with Crippen molar-refractivity contribution in [3.8, 4) is 0 Å². The van der Waals surface area contributed by atoms with Crippen LogP contribution in [0.2, 0.25) is 0 Å². The Morgan fingerprint density at radius 2 is 2.27 bits per heavy atom. The summed E-state index contributed by atoms with van der Waals surface area (Å²) in [6.45, 7) is 2.31. The molecule has 1 fully saturated rings. The Kier molecular flexibility index (Phi) is 3.80. The van der Waals surface area contributed by atoms with Gasteiger partial charge in [-0.15, -0.1) is 0 Å². The smallest absolute Gasteiger partial charge is 0.0431 e. The van der Waals surface area contributed by atoms with Crippen molar-refractivity contribution in [1.82, 2.24) is 9.88 Å². The first-order valence-electron chi connectivity index (χ1n) is 5.88. The maximum absolute atomic E-state index is 8.73. The molecule has 0 amide bonds. The molecule has 1 aliphatic carbocycles. The van der Waals surface area contributed by atoms with E-state index in [0.717, 1.165) is 32.0 Å². The van der Waals surface area contributed by atoms with Gasteiger partial charge in [0.05, 0.1) is 0 Å². The van der Waals surface area contributed by atoms with Gasteiger partial charge in [0, 0.05) is 37.6 Å². The van der Waals surface area contributed by atoms with Crippen LogP contribution in [0.5, 0.6) is 0 Å². The Morgan fingerprint density at radius 3 is 3.00 bits per heavy atom. The first-order valence-corrected chi connectivity index (χ1v) is 5.88. The number of hydrogen-bond donors (Lipinski definition) is 2. The fourth-order valence-corrected chi connectivity index (χ4v) is 1.76. The van der Waals surface area contributed by atoms with Crippen molar-refractivity contribution >= 4 is 0 Å². The molecule has 0 radical (unpaired) electrons. The van der Waals surface area contributed by atoms with Crippen LogP contribution in [0.15, 0.2) is 18.3 Å². The number of unbranched alkanes of at least 4 members (excludes halogenated alkanes) is 1. The van der Waals surface area contributed by atoms with Gasteiger partial charge in [0.1, 0.15) is 0 Å². The topological polar surface area (TPSA) is 37.2 Å². The summed E-state index contributed by atoms with van der Waals surface area (Å²) in [5, 5.41) is 12.2. The van der Waals surface area contributed by atoms with E-state index in [1.54, 1.807) is 0 Å². The molecule has 1 aromatic heterocycles. The van der Waals surface area contributed by atoms with Gasteiger partial charge in [0.25, 0.3) is 0 Å². The number of hydrogen-bond acceptors (Lipinski definition) is 2. The molecule has 84 valence electrons. The number of aliphatic hydroxyl groups excluding tert-OH is 1. The zero-order valence-electron chi connectivity index (χ0n) is 9.15. The molecule has 15 heavy (non-hydrogen) atoms. The standard InChI is InChI=1S/C12H20N2O/c15-9-2-1-7-14-8-3-4-12(14)10-13-11-5-6-11/h3-4,8,11,13,15H,1-2,5-7,9-10H2. The lowest BCUT2D eigenvalue weighted by Crippen LogP contribution is -2.18. The van der Waals surface area contributed by atoms with E-state index in [0.29, 0.717) is 6.61 Å². The van der Waals surface area contributed by atoms with Crippen LogP contribution >= 0.6 is 0 Å². The average Bonchev–Trinajstić information content (AvgIpc) is 2.97. The largest absolute Gasteiger partial charge is 0.396 e. The molecule has 1 aliphatic rings. The molecule has 1 heterocycles. The Morgan fingerprint density at radius 1 is 1.40 bits per heavy atom. The van der Waals surface area contributed by atoms with Gasteiger partial charge in [0.2, 0.25) is 0 Å². The van der Waals surface area contributed by atoms with Crippen molar-refractivity contribution in [2.45, 2.75) is 44.8 Å². The minimum absolute atomic E-state index is 0.303. The maximum Gasteiger partial charge on any atom is 0.0431 e. The van der Waals surface area contributed by atoms with E-state index in [1.807, 2.05) is 0 Å². The van der Waals surface area contributed by atoms with Gasteiger partial charge >= 0.3 is 0 Å². The zero-order valence-corrected chi connectivity index (χ0v) is 9.15. The van der Waals surface area contributed by atoms with Crippen LogP contribution < -0.4 is 5.32 Å². The Hall–Kier alpha value is -0.800. The summed E-state index contributed by atoms with van der Waals surface area (Å²) in [5.41, 5.74) is 1.36. The van der Waals surface area contributed by atoms with Crippen molar-refractivity contribution in [2.75, 3.05) is 6.61 Å². The van der Waals surface area contributed by atoms with Crippen molar-refractivity contribution < 1.29 is 5.11 Å². The van der Waals surface area contributed by atoms with Crippen molar-refractivity contribution in [3.05, 3.63) is 24.0 Å². The maximum atomic E-state index is 8.73. The fraction of sp³-hybridized carbons (Fsp3) is 0.667. The molecule has 0 atom stereocenters. The number of nitrogens with zero attached hydrogens (tertiary/aromatic N) is 1. The molecule has 1 saturated carbocycles. The third kappa shape index (κ3) is 3.36. The summed E-state index contributed by atoms with van der Waals surface area (Å²) < 4.78 is 2.28. The summed E-state index contributed by atoms with van der Waals surface area (Å²) in [6, 6.07) is 5.04. The highest BCUT2D eigenvalue weighted by Crippen LogP contribution is 2.19. The first kappa shape index (κ1) is 10.7. The fourth-order valence-electron chi connectivity index (χ4n) is 1.76. The van der Waals surface area contributed by atoms with Gasteiger partial charge in [-0.2, -0.15) is 0 Å². The summed E-state index contributed by atoms with van der Waals surface area (Å²) in [5.74, 6) is 0. The summed E-state index contributed by atoms with van der Waals surface area (Å²) in [4.78, 5) is 0. The molecule has 2 N–H and O–H groups in total. The van der Waals surface area contributed by atoms with Gasteiger partial charge in [-0.3, -0.25) is 0 Å². The van der Waals surface area contributed by atoms with Gasteiger partial charge in [-0.05, 0) is 37.8 Å². The molecule has 1 aromatic rings. The highest BCUT2D eigenvalue weighted by atomic mass is 16.2. The highest BCUT2D eigenvalue weighted by molar-refractivity contribution is 5.07. The number of rotatable bonds is 7. The molecular formula is C12H20N2O. The number of aryl methyl sites for hydroxylation is 1. The molecule has 3 nitrogen and oxygen atoms in total. The molecule has 0 unspecified atom stereocenters. The van der Waals surface area contributed by atoms with Crippen molar-refractivity contribution in [2.24, 2.45) is 0 Å². The average molecular weight is 208 g/mol. The van der Waals surface area contributed by atoms with Crippen LogP contribution in [-0.2, 0) is 13.1 Å². The Bertz CT molecular complexity index is 292. The van der Waals surface area contributed by atoms with Gasteiger partial charge in [0.15, 0.2) is 0 Å². The van der Waals surface area contributed by atoms with E-state index in [2.05, 4.69) is 28.2 Å². The predicted octanol–water partition coefficient (Wildman–Crippen LogP) is 1.51. The lowest BCUT2D eigenvalue weighted by Gasteiger charge is -2.09. The molecule has 0 spiro atoms. The molecule has 3 heteroatoms. The van der Waals surface area contributed by atoms with E-state index >= 15 is 0 Å². The molecule has 2 rings (SSSR count). The lowest BCUT2D eigenvalue weighted by atomic mass is 10.3. The van der Waals surface area contributed by atoms with Crippen molar-refractivity contribution in [3.63, 3.8) is 0 Å². The second-order valence-electron chi connectivity index (χ2n) is 4.28. The number of aromatic nitrogens is 1. The quantitative estimate of drug-likeness (QED) is 0.667. The van der Waals surface area contributed by atoms with E-state index < -0.39 is 0 Å². The molecule has 0 bridgehead atoms. The first-order chi connectivity index (χ1) is 7.40. The lowest BCUT2D eigenvalue weighted by molar-refractivity contribution is 0.281. The van der Waals surface area contributed by atoms with Gasteiger partial charge in [-0.25, -0.2) is 0 Å². The van der Waals surface area contributed by atoms with Crippen LogP contribution in [-0.4, -0.2) is 22.3 Å². The zero-order chi connectivity index (χ0) is 10.5. The summed E-state index contributed by atoms with van der Waals surface area (Å²) >= 11 is 0. The minimum atomic E-state index is 0.303. The summed E-state index contributed by atoms with van der Waals surface area (Å²) in [6.07, 6.45) is 6.76. The number of aliphatic hydroxyl groups is 1. The second kappa shape index (κ2) is 5.33. The van der Waals surface area contributed by atoms with Crippen LogP contribution in [0.1, 0.15) is 31.4 Å². The SMILES string of the molecule is OCCCCn1cccc1CNC1CC1. The normalized spacial score (nSPS) is 15.8. The molecular weight excluding hydrogens is 188 g/mol. The van der Waals surface area contributed by atoms with Crippen LogP contribution in [0.25, 0.3) is 0 Å². The van der Waals surface area contributed by atoms with Crippen molar-refractivity contribution in [1.29, 1.82) is 0 Å². The third-order valence-corrected chi connectivity index (χ3v) is 2.88. The molecule has 0 aliphatic heterocycles. The predicted molar refractivity (Wildman–Crippen MR) is 60.6 cm³/mol. The highest BCUT2D eigenvalue weighted by Gasteiger charge is 2.20. The number of nitrogens with one attached hydrogen (secondary N) is 1. The van der Waals surface area contributed by atoms with Crippen LogP contribution in [0.3, 0.4) is 0 Å². The minimum Gasteiger partial charge on any atom is -0.396 e.